The lowest BCUT2D eigenvalue weighted by molar-refractivity contribution is 0.476. The van der Waals surface area contributed by atoms with Crippen LogP contribution in [0.5, 0.6) is 5.75 Å². The predicted molar refractivity (Wildman–Crippen MR) is 82.9 cm³/mol. The monoisotopic (exact) mass is 299 g/mol. The quantitative estimate of drug-likeness (QED) is 0.779. The van der Waals surface area contributed by atoms with Gasteiger partial charge in [-0.2, -0.15) is 0 Å². The van der Waals surface area contributed by atoms with Crippen LogP contribution in [0.2, 0.25) is 0 Å². The molecule has 0 aliphatic heterocycles. The molecule has 4 nitrogen and oxygen atoms in total. The van der Waals surface area contributed by atoms with E-state index in [1.54, 1.807) is 42.5 Å². The molecule has 0 saturated heterocycles. The number of hydrogen-bond donors (Lipinski definition) is 2. The van der Waals surface area contributed by atoms with Gasteiger partial charge in [0.2, 0.25) is 0 Å². The van der Waals surface area contributed by atoms with Crippen molar-refractivity contribution in [2.45, 2.75) is 4.90 Å². The first-order valence-electron chi connectivity index (χ1n) is 6.36. The van der Waals surface area contributed by atoms with Crippen molar-refractivity contribution in [1.82, 2.24) is 0 Å². The summed E-state index contributed by atoms with van der Waals surface area (Å²) in [5.74, 6) is 0.0915. The third kappa shape index (κ3) is 2.68. The van der Waals surface area contributed by atoms with Crippen LogP contribution in [0.1, 0.15) is 0 Å². The summed E-state index contributed by atoms with van der Waals surface area (Å²) in [4.78, 5) is 0.196. The first kappa shape index (κ1) is 13.5. The molecule has 5 heteroatoms. The summed E-state index contributed by atoms with van der Waals surface area (Å²) in [5, 5.41) is 11.1. The molecular formula is C16H13NO3S. The summed E-state index contributed by atoms with van der Waals surface area (Å²) in [6, 6.07) is 18.3. The topological polar surface area (TPSA) is 66.4 Å². The Morgan fingerprint density at radius 2 is 1.62 bits per heavy atom. The summed E-state index contributed by atoms with van der Waals surface area (Å²) in [7, 11) is -3.65. The zero-order valence-corrected chi connectivity index (χ0v) is 11.8. The van der Waals surface area contributed by atoms with E-state index in [9.17, 15) is 13.5 Å². The van der Waals surface area contributed by atoms with Gasteiger partial charge in [-0.1, -0.05) is 36.4 Å². The highest BCUT2D eigenvalue weighted by molar-refractivity contribution is 7.92. The summed E-state index contributed by atoms with van der Waals surface area (Å²) in [6.45, 7) is 0. The van der Waals surface area contributed by atoms with Crippen molar-refractivity contribution in [1.29, 1.82) is 0 Å². The third-order valence-corrected chi connectivity index (χ3v) is 4.54. The molecule has 0 aliphatic carbocycles. The first-order chi connectivity index (χ1) is 10.1. The molecule has 0 aromatic heterocycles. The van der Waals surface area contributed by atoms with E-state index in [2.05, 4.69) is 4.72 Å². The van der Waals surface area contributed by atoms with E-state index in [4.69, 9.17) is 0 Å². The van der Waals surface area contributed by atoms with Crippen molar-refractivity contribution >= 4 is 26.5 Å². The largest absolute Gasteiger partial charge is 0.508 e. The van der Waals surface area contributed by atoms with E-state index in [1.807, 2.05) is 6.07 Å². The fourth-order valence-electron chi connectivity index (χ4n) is 2.15. The molecule has 3 aromatic carbocycles. The van der Waals surface area contributed by atoms with Gasteiger partial charge in [-0.15, -0.1) is 0 Å². The Morgan fingerprint density at radius 3 is 2.38 bits per heavy atom. The highest BCUT2D eigenvalue weighted by Crippen LogP contribution is 2.28. The molecule has 0 radical (unpaired) electrons. The lowest BCUT2D eigenvalue weighted by Crippen LogP contribution is -2.12. The molecule has 0 spiro atoms. The van der Waals surface area contributed by atoms with Crippen LogP contribution in [0.4, 0.5) is 5.69 Å². The number of nitrogens with one attached hydrogen (secondary N) is 1. The summed E-state index contributed by atoms with van der Waals surface area (Å²) >= 11 is 0. The van der Waals surface area contributed by atoms with Crippen molar-refractivity contribution in [3.8, 4) is 5.75 Å². The second-order valence-corrected chi connectivity index (χ2v) is 6.31. The van der Waals surface area contributed by atoms with Crippen LogP contribution in [0, 0.1) is 0 Å². The van der Waals surface area contributed by atoms with Gasteiger partial charge in [-0.3, -0.25) is 4.72 Å². The van der Waals surface area contributed by atoms with Gasteiger partial charge in [0.15, 0.2) is 0 Å². The van der Waals surface area contributed by atoms with Crippen molar-refractivity contribution in [2.75, 3.05) is 4.72 Å². The Labute approximate surface area is 122 Å². The number of benzene rings is 3. The van der Waals surface area contributed by atoms with E-state index in [1.165, 1.54) is 18.2 Å². The van der Waals surface area contributed by atoms with Crippen LogP contribution >= 0.6 is 0 Å². The Balaban J connectivity index is 2.08. The Morgan fingerprint density at radius 1 is 0.857 bits per heavy atom. The van der Waals surface area contributed by atoms with Gasteiger partial charge in [-0.05, 0) is 35.7 Å². The molecule has 2 N–H and O–H groups in total. The standard InChI is InChI=1S/C16H13NO3S/c18-13-10-9-12-5-4-8-16(15(12)11-13)17-21(19,20)14-6-2-1-3-7-14/h1-11,17-18H. The summed E-state index contributed by atoms with van der Waals surface area (Å²) < 4.78 is 27.3. The van der Waals surface area contributed by atoms with Gasteiger partial charge >= 0.3 is 0 Å². The van der Waals surface area contributed by atoms with Crippen LogP contribution < -0.4 is 4.72 Å². The maximum absolute atomic E-state index is 12.4. The number of aromatic hydroxyl groups is 1. The van der Waals surface area contributed by atoms with E-state index in [0.29, 0.717) is 11.1 Å². The molecule has 0 atom stereocenters. The maximum Gasteiger partial charge on any atom is 0.261 e. The number of fused-ring (bicyclic) bond motifs is 1. The van der Waals surface area contributed by atoms with Crippen LogP contribution in [0.25, 0.3) is 10.8 Å². The van der Waals surface area contributed by atoms with Gasteiger partial charge in [0, 0.05) is 5.39 Å². The van der Waals surface area contributed by atoms with Crippen molar-refractivity contribution in [3.05, 3.63) is 66.7 Å². The molecule has 106 valence electrons. The second kappa shape index (κ2) is 5.10. The van der Waals surface area contributed by atoms with Crippen LogP contribution in [0.15, 0.2) is 71.6 Å². The molecule has 0 amide bonds. The fraction of sp³-hybridized carbons (Fsp3) is 0. The summed E-state index contributed by atoms with van der Waals surface area (Å²) in [6.07, 6.45) is 0. The fourth-order valence-corrected chi connectivity index (χ4v) is 3.25. The number of sulfonamides is 1. The van der Waals surface area contributed by atoms with E-state index in [0.717, 1.165) is 5.39 Å². The maximum atomic E-state index is 12.4. The third-order valence-electron chi connectivity index (χ3n) is 3.16. The second-order valence-electron chi connectivity index (χ2n) is 4.63. The normalized spacial score (nSPS) is 11.4. The molecule has 0 saturated carbocycles. The minimum atomic E-state index is -3.65. The molecule has 0 unspecified atom stereocenters. The van der Waals surface area contributed by atoms with Crippen LogP contribution in [-0.4, -0.2) is 13.5 Å². The molecular weight excluding hydrogens is 286 g/mol. The Hall–Kier alpha value is -2.53. The average molecular weight is 299 g/mol. The van der Waals surface area contributed by atoms with E-state index < -0.39 is 10.0 Å². The van der Waals surface area contributed by atoms with Crippen molar-refractivity contribution < 1.29 is 13.5 Å². The van der Waals surface area contributed by atoms with Crippen molar-refractivity contribution in [3.63, 3.8) is 0 Å². The summed E-state index contributed by atoms with van der Waals surface area (Å²) in [5.41, 5.74) is 0.437. The zero-order chi connectivity index (χ0) is 14.9. The van der Waals surface area contributed by atoms with Crippen molar-refractivity contribution in [2.24, 2.45) is 0 Å². The molecule has 0 aliphatic rings. The van der Waals surface area contributed by atoms with Gasteiger partial charge in [0.1, 0.15) is 5.75 Å². The molecule has 0 fully saturated rings. The molecule has 0 bridgehead atoms. The highest BCUT2D eigenvalue weighted by atomic mass is 32.2. The molecule has 3 aromatic rings. The minimum Gasteiger partial charge on any atom is -0.508 e. The number of hydrogen-bond acceptors (Lipinski definition) is 3. The predicted octanol–water partition coefficient (Wildman–Crippen LogP) is 3.35. The smallest absolute Gasteiger partial charge is 0.261 e. The molecule has 3 rings (SSSR count). The van der Waals surface area contributed by atoms with Gasteiger partial charge in [-0.25, -0.2) is 8.42 Å². The van der Waals surface area contributed by atoms with Crippen LogP contribution in [0.3, 0.4) is 0 Å². The minimum absolute atomic E-state index is 0.0915. The first-order valence-corrected chi connectivity index (χ1v) is 7.84. The number of anilines is 1. The number of rotatable bonds is 3. The Bertz CT molecular complexity index is 890. The highest BCUT2D eigenvalue weighted by Gasteiger charge is 2.14. The lowest BCUT2D eigenvalue weighted by Gasteiger charge is -2.11. The number of phenolic OH excluding ortho intramolecular Hbond substituents is 1. The lowest BCUT2D eigenvalue weighted by atomic mass is 10.1. The number of phenols is 1. The molecule has 21 heavy (non-hydrogen) atoms. The van der Waals surface area contributed by atoms with E-state index >= 15 is 0 Å². The SMILES string of the molecule is O=S(=O)(Nc1cccc2ccc(O)cc12)c1ccccc1. The van der Waals surface area contributed by atoms with Crippen LogP contribution in [-0.2, 0) is 10.0 Å². The van der Waals surface area contributed by atoms with E-state index in [-0.39, 0.29) is 10.6 Å². The van der Waals surface area contributed by atoms with Gasteiger partial charge in [0.05, 0.1) is 10.6 Å². The van der Waals surface area contributed by atoms with Gasteiger partial charge in [0.25, 0.3) is 10.0 Å². The zero-order valence-electron chi connectivity index (χ0n) is 11.0. The Kier molecular flexibility index (Phi) is 3.27. The van der Waals surface area contributed by atoms with Gasteiger partial charge < -0.3 is 5.11 Å². The average Bonchev–Trinajstić information content (AvgIpc) is 2.48. The molecule has 0 heterocycles.